The number of hydrogen-bond acceptors (Lipinski definition) is 8. The Balaban J connectivity index is 2.93. The van der Waals surface area contributed by atoms with Crippen molar-refractivity contribution in [3.8, 4) is 0 Å². The van der Waals surface area contributed by atoms with Gasteiger partial charge in [0.15, 0.2) is 0 Å². The molecule has 3 amide bonds. The first-order valence-electron chi connectivity index (χ1n) is 9.88. The average Bonchev–Trinajstić information content (AvgIpc) is 2.74. The first-order valence-corrected chi connectivity index (χ1v) is 10.5. The second-order valence-corrected chi connectivity index (χ2v) is 7.70. The number of carbonyl (C=O) groups excluding carboxylic acids is 3. The Morgan fingerprint density at radius 3 is 1.81 bits per heavy atom. The third-order valence-corrected chi connectivity index (χ3v) is 4.95. The summed E-state index contributed by atoms with van der Waals surface area (Å²) in [4.78, 5) is 48.8. The van der Waals surface area contributed by atoms with Gasteiger partial charge in [-0.25, -0.2) is 4.79 Å². The molecule has 0 aromatic heterocycles. The number of nitrogens with one attached hydrogen (secondary N) is 3. The number of nitrogens with two attached hydrogens (primary N) is 1. The molecule has 11 nitrogen and oxygen atoms in total. The van der Waals surface area contributed by atoms with Crippen molar-refractivity contribution in [3.63, 3.8) is 0 Å². The molecule has 6 unspecified atom stereocenters. The standard InChI is InChI=1S/C20H30N4O7S/c1-10(25)15(24-19(29)16(11(2)26)23-17(27)13(21)9-32)18(28)22-14(20(30)31)8-12-6-4-3-5-7-12/h3-7,10-11,13-16,25-26,32H,8-9,21H2,1-2H3,(H,22,28)(H,23,27)(H,24,29)(H,30,31). The second kappa shape index (κ2) is 13.0. The molecule has 0 radical (unpaired) electrons. The van der Waals surface area contributed by atoms with Crippen LogP contribution >= 0.6 is 12.6 Å². The fourth-order valence-electron chi connectivity index (χ4n) is 2.71. The summed E-state index contributed by atoms with van der Waals surface area (Å²) in [7, 11) is 0. The molecule has 1 aromatic carbocycles. The van der Waals surface area contributed by atoms with Crippen LogP contribution < -0.4 is 21.7 Å². The monoisotopic (exact) mass is 470 g/mol. The molecule has 0 bridgehead atoms. The molecule has 1 rings (SSSR count). The summed E-state index contributed by atoms with van der Waals surface area (Å²) in [5.41, 5.74) is 6.21. The number of amides is 3. The minimum Gasteiger partial charge on any atom is -0.480 e. The van der Waals surface area contributed by atoms with Crippen molar-refractivity contribution < 1.29 is 34.5 Å². The highest BCUT2D eigenvalue weighted by atomic mass is 32.1. The van der Waals surface area contributed by atoms with Crippen LogP contribution in [0.15, 0.2) is 30.3 Å². The van der Waals surface area contributed by atoms with E-state index in [0.29, 0.717) is 5.56 Å². The molecule has 0 spiro atoms. The summed E-state index contributed by atoms with van der Waals surface area (Å²) in [5, 5.41) is 36.1. The van der Waals surface area contributed by atoms with Crippen LogP contribution in [0.2, 0.25) is 0 Å². The summed E-state index contributed by atoms with van der Waals surface area (Å²) >= 11 is 3.89. The maximum absolute atomic E-state index is 12.7. The zero-order valence-corrected chi connectivity index (χ0v) is 18.7. The fraction of sp³-hybridized carbons (Fsp3) is 0.500. The van der Waals surface area contributed by atoms with Crippen molar-refractivity contribution >= 4 is 36.3 Å². The van der Waals surface area contributed by atoms with Crippen LogP contribution in [0.3, 0.4) is 0 Å². The van der Waals surface area contributed by atoms with Crippen molar-refractivity contribution in [1.29, 1.82) is 0 Å². The zero-order chi connectivity index (χ0) is 24.4. The van der Waals surface area contributed by atoms with Crippen molar-refractivity contribution in [1.82, 2.24) is 16.0 Å². The number of aliphatic carboxylic acids is 1. The van der Waals surface area contributed by atoms with Gasteiger partial charge in [0.2, 0.25) is 17.7 Å². The summed E-state index contributed by atoms with van der Waals surface area (Å²) < 4.78 is 0. The largest absolute Gasteiger partial charge is 0.480 e. The summed E-state index contributed by atoms with van der Waals surface area (Å²) in [5.74, 6) is -3.95. The highest BCUT2D eigenvalue weighted by Gasteiger charge is 2.34. The average molecular weight is 471 g/mol. The molecule has 6 atom stereocenters. The maximum atomic E-state index is 12.7. The van der Waals surface area contributed by atoms with Gasteiger partial charge in [0, 0.05) is 12.2 Å². The zero-order valence-electron chi connectivity index (χ0n) is 17.8. The number of carboxylic acid groups (broad SMARTS) is 1. The van der Waals surface area contributed by atoms with Gasteiger partial charge >= 0.3 is 5.97 Å². The molecule has 1 aromatic rings. The molecule has 0 aliphatic carbocycles. The van der Waals surface area contributed by atoms with Gasteiger partial charge in [-0.05, 0) is 19.4 Å². The molecule has 0 heterocycles. The van der Waals surface area contributed by atoms with Gasteiger partial charge in [-0.3, -0.25) is 14.4 Å². The molecule has 0 aliphatic heterocycles. The number of aliphatic hydroxyl groups is 2. The minimum absolute atomic E-state index is 0.00330. The van der Waals surface area contributed by atoms with Crippen LogP contribution in [-0.2, 0) is 25.6 Å². The van der Waals surface area contributed by atoms with Gasteiger partial charge in [-0.1, -0.05) is 30.3 Å². The van der Waals surface area contributed by atoms with Gasteiger partial charge in [0.05, 0.1) is 18.2 Å². The molecule has 0 aliphatic rings. The van der Waals surface area contributed by atoms with Gasteiger partial charge in [0.1, 0.15) is 18.1 Å². The Morgan fingerprint density at radius 2 is 1.38 bits per heavy atom. The lowest BCUT2D eigenvalue weighted by Crippen LogP contribution is -2.62. The fourth-order valence-corrected chi connectivity index (χ4v) is 2.87. The molecule has 32 heavy (non-hydrogen) atoms. The lowest BCUT2D eigenvalue weighted by molar-refractivity contribution is -0.143. The number of aliphatic hydroxyl groups excluding tert-OH is 2. The lowest BCUT2D eigenvalue weighted by atomic mass is 10.0. The smallest absolute Gasteiger partial charge is 0.326 e. The number of hydrogen-bond donors (Lipinski definition) is 8. The maximum Gasteiger partial charge on any atom is 0.326 e. The Bertz CT molecular complexity index is 791. The van der Waals surface area contributed by atoms with E-state index in [1.54, 1.807) is 30.3 Å². The Hall–Kier alpha value is -2.67. The van der Waals surface area contributed by atoms with Gasteiger partial charge < -0.3 is 37.0 Å². The third-order valence-electron chi connectivity index (χ3n) is 4.56. The number of rotatable bonds is 12. The van der Waals surface area contributed by atoms with Crippen LogP contribution in [0.1, 0.15) is 19.4 Å². The number of thiol groups is 1. The normalized spacial score (nSPS) is 16.6. The molecule has 178 valence electrons. The van der Waals surface area contributed by atoms with Crippen molar-refractivity contribution in [2.24, 2.45) is 5.73 Å². The van der Waals surface area contributed by atoms with Crippen LogP contribution in [0, 0.1) is 0 Å². The Morgan fingerprint density at radius 1 is 0.906 bits per heavy atom. The molecule has 0 saturated heterocycles. The topological polar surface area (TPSA) is 191 Å². The highest BCUT2D eigenvalue weighted by molar-refractivity contribution is 7.80. The number of benzene rings is 1. The molecule has 0 fully saturated rings. The van der Waals surface area contributed by atoms with Crippen molar-refractivity contribution in [3.05, 3.63) is 35.9 Å². The van der Waals surface area contributed by atoms with Crippen LogP contribution in [0.5, 0.6) is 0 Å². The highest BCUT2D eigenvalue weighted by Crippen LogP contribution is 2.05. The molecule has 0 saturated carbocycles. The van der Waals surface area contributed by atoms with E-state index in [-0.39, 0.29) is 12.2 Å². The van der Waals surface area contributed by atoms with E-state index in [1.807, 2.05) is 0 Å². The first kappa shape index (κ1) is 27.4. The van der Waals surface area contributed by atoms with Gasteiger partial charge in [-0.15, -0.1) is 0 Å². The quantitative estimate of drug-likeness (QED) is 0.158. The summed E-state index contributed by atoms with van der Waals surface area (Å²) in [6.45, 7) is 2.47. The summed E-state index contributed by atoms with van der Waals surface area (Å²) in [6, 6.07) is 3.23. The second-order valence-electron chi connectivity index (χ2n) is 7.33. The number of carbonyl (C=O) groups is 4. The first-order chi connectivity index (χ1) is 15.0. The van der Waals surface area contributed by atoms with E-state index >= 15 is 0 Å². The molecule has 8 N–H and O–H groups in total. The SMILES string of the molecule is CC(O)C(NC(=O)C(N)CS)C(=O)NC(C(=O)NC(Cc1ccccc1)C(=O)O)C(C)O. The van der Waals surface area contributed by atoms with Crippen molar-refractivity contribution in [2.75, 3.05) is 5.75 Å². The molecular weight excluding hydrogens is 440 g/mol. The van der Waals surface area contributed by atoms with E-state index in [1.165, 1.54) is 13.8 Å². The van der Waals surface area contributed by atoms with Gasteiger partial charge in [0.25, 0.3) is 0 Å². The van der Waals surface area contributed by atoms with Crippen LogP contribution in [0.25, 0.3) is 0 Å². The van der Waals surface area contributed by atoms with E-state index in [4.69, 9.17) is 5.73 Å². The number of carboxylic acids is 1. The van der Waals surface area contributed by atoms with E-state index in [2.05, 4.69) is 28.6 Å². The predicted octanol–water partition coefficient (Wildman–Crippen LogP) is -2.21. The van der Waals surface area contributed by atoms with Crippen LogP contribution in [0.4, 0.5) is 0 Å². The molecular formula is C20H30N4O7S. The Labute approximate surface area is 191 Å². The van der Waals surface area contributed by atoms with Crippen LogP contribution in [-0.4, -0.2) is 81.1 Å². The van der Waals surface area contributed by atoms with E-state index in [9.17, 15) is 34.5 Å². The summed E-state index contributed by atoms with van der Waals surface area (Å²) in [6.07, 6.45) is -2.78. The Kier molecular flexibility index (Phi) is 11.1. The molecule has 12 heteroatoms. The van der Waals surface area contributed by atoms with Gasteiger partial charge in [-0.2, -0.15) is 12.6 Å². The minimum atomic E-state index is -1.54. The van der Waals surface area contributed by atoms with Crippen molar-refractivity contribution in [2.45, 2.75) is 56.6 Å². The van der Waals surface area contributed by atoms with E-state index in [0.717, 1.165) is 0 Å². The third kappa shape index (κ3) is 8.46. The predicted molar refractivity (Wildman–Crippen MR) is 119 cm³/mol. The lowest BCUT2D eigenvalue weighted by Gasteiger charge is -2.27. The van der Waals surface area contributed by atoms with E-state index < -0.39 is 60.1 Å².